The van der Waals surface area contributed by atoms with Crippen LogP contribution in [0.2, 0.25) is 0 Å². The molecule has 0 N–H and O–H groups in total. The van der Waals surface area contributed by atoms with Gasteiger partial charge in [-0.3, -0.25) is 9.59 Å². The number of allylic oxidation sites excluding steroid dienone is 2. The van der Waals surface area contributed by atoms with E-state index in [1.165, 1.54) is 12.2 Å². The van der Waals surface area contributed by atoms with Crippen molar-refractivity contribution in [3.63, 3.8) is 0 Å². The van der Waals surface area contributed by atoms with Crippen molar-refractivity contribution in [2.45, 2.75) is 0 Å². The molecule has 0 atom stereocenters. The molecule has 0 aliphatic heterocycles. The first-order valence-electron chi connectivity index (χ1n) is 1.95. The largest absolute Gasteiger partial charge is 0.299 e. The Bertz CT molecular complexity index is 60.5. The van der Waals surface area contributed by atoms with Gasteiger partial charge < -0.3 is 0 Å². The predicted octanol–water partition coefficient (Wildman–Crippen LogP) is 0.743. The Morgan fingerprint density at radius 1 is 0.875 bits per heavy atom. The van der Waals surface area contributed by atoms with Crippen LogP contribution < -0.4 is 0 Å². The van der Waals surface area contributed by atoms with Gasteiger partial charge in [0, 0.05) is 0 Å². The first-order chi connectivity index (χ1) is 3.83. The van der Waals surface area contributed by atoms with E-state index in [1.807, 2.05) is 0 Å². The van der Waals surface area contributed by atoms with Crippen molar-refractivity contribution in [2.75, 3.05) is 0 Å². The molecule has 0 amide bonds. The van der Waals surface area contributed by atoms with Crippen molar-refractivity contribution in [3.8, 4) is 0 Å². The van der Waals surface area contributed by atoms with E-state index in [-0.39, 0.29) is 0 Å². The predicted molar refractivity (Wildman–Crippen MR) is 32.5 cm³/mol. The van der Waals surface area contributed by atoms with Crippen LogP contribution in [0.4, 0.5) is 0 Å². The number of aldehydes is 2. The summed E-state index contributed by atoms with van der Waals surface area (Å²) in [7, 11) is 0. The summed E-state index contributed by atoms with van der Waals surface area (Å²) < 4.78 is 0. The van der Waals surface area contributed by atoms with Crippen molar-refractivity contribution in [1.29, 1.82) is 0 Å². The Labute approximate surface area is 48.5 Å². The lowest BCUT2D eigenvalue weighted by Crippen LogP contribution is -1.44. The van der Waals surface area contributed by atoms with Gasteiger partial charge >= 0.3 is 0 Å². The van der Waals surface area contributed by atoms with Crippen LogP contribution >= 0.6 is 0 Å². The molecule has 0 heterocycles. The quantitative estimate of drug-likeness (QED) is 0.390. The minimum Gasteiger partial charge on any atom is -0.299 e. The number of carbonyl (C=O) groups is 2. The minimum absolute atomic E-state index is 0.639. The van der Waals surface area contributed by atoms with Crippen molar-refractivity contribution in [3.05, 3.63) is 25.3 Å². The molecule has 0 bridgehead atoms. The fourth-order valence-corrected chi connectivity index (χ4v) is 0. The lowest BCUT2D eigenvalue weighted by Gasteiger charge is -1.37. The summed E-state index contributed by atoms with van der Waals surface area (Å²) >= 11 is 0. The average Bonchev–Trinajstić information content (AvgIpc) is 1.88. The van der Waals surface area contributed by atoms with Crippen molar-refractivity contribution >= 4 is 12.6 Å². The molecule has 0 radical (unpaired) electrons. The summed E-state index contributed by atoms with van der Waals surface area (Å²) in [6.45, 7) is 6.22. The van der Waals surface area contributed by atoms with Crippen LogP contribution in [0.1, 0.15) is 0 Å². The van der Waals surface area contributed by atoms with Crippen LogP contribution in [0.5, 0.6) is 0 Å². The number of hydrogen-bond acceptors (Lipinski definition) is 2. The highest BCUT2D eigenvalue weighted by Crippen LogP contribution is 1.35. The van der Waals surface area contributed by atoms with Gasteiger partial charge in [0.25, 0.3) is 0 Å². The fourth-order valence-electron chi connectivity index (χ4n) is 0. The molecule has 0 saturated carbocycles. The third-order valence-electron chi connectivity index (χ3n) is 0.192. The molecule has 0 rings (SSSR count). The Kier molecular flexibility index (Phi) is 21.1. The van der Waals surface area contributed by atoms with Gasteiger partial charge in [-0.25, -0.2) is 0 Å². The zero-order valence-electron chi connectivity index (χ0n) is 4.54. The van der Waals surface area contributed by atoms with E-state index < -0.39 is 0 Å². The molecule has 0 aromatic rings. The van der Waals surface area contributed by atoms with Gasteiger partial charge in [-0.1, -0.05) is 13.2 Å². The molecule has 0 fully saturated rings. The van der Waals surface area contributed by atoms with Crippen molar-refractivity contribution < 1.29 is 9.59 Å². The van der Waals surface area contributed by atoms with E-state index in [2.05, 4.69) is 13.2 Å². The summed E-state index contributed by atoms with van der Waals surface area (Å²) in [6.07, 6.45) is 3.67. The Morgan fingerprint density at radius 2 is 1.00 bits per heavy atom. The highest BCUT2D eigenvalue weighted by atomic mass is 16.1. The molecule has 0 saturated heterocycles. The molecule has 44 valence electrons. The van der Waals surface area contributed by atoms with Crippen LogP contribution in [0.25, 0.3) is 0 Å². The summed E-state index contributed by atoms with van der Waals surface area (Å²) in [5.74, 6) is 0. The van der Waals surface area contributed by atoms with E-state index >= 15 is 0 Å². The second-order valence-electron chi connectivity index (χ2n) is 0.744. The molecular weight excluding hydrogens is 104 g/mol. The molecule has 0 aromatic carbocycles. The molecule has 0 aliphatic carbocycles. The van der Waals surface area contributed by atoms with E-state index in [0.29, 0.717) is 12.6 Å². The highest BCUT2D eigenvalue weighted by Gasteiger charge is 1.38. The summed E-state index contributed by atoms with van der Waals surface area (Å²) in [4.78, 5) is 18.1. The molecule has 2 heteroatoms. The second-order valence-corrected chi connectivity index (χ2v) is 0.744. The Morgan fingerprint density at radius 3 is 1.00 bits per heavy atom. The van der Waals surface area contributed by atoms with Crippen LogP contribution in [0.3, 0.4) is 0 Å². The van der Waals surface area contributed by atoms with Gasteiger partial charge in [0.15, 0.2) is 0 Å². The zero-order valence-corrected chi connectivity index (χ0v) is 4.54. The Hall–Kier alpha value is -1.18. The van der Waals surface area contributed by atoms with Crippen LogP contribution in [0.15, 0.2) is 25.3 Å². The molecular formula is C6H8O2. The zero-order chi connectivity index (χ0) is 6.83. The van der Waals surface area contributed by atoms with Crippen LogP contribution in [0, 0.1) is 0 Å². The Balaban J connectivity index is 0. The van der Waals surface area contributed by atoms with Crippen LogP contribution in [-0.4, -0.2) is 12.6 Å². The maximum absolute atomic E-state index is 9.06. The summed E-state index contributed by atoms with van der Waals surface area (Å²) in [6, 6.07) is 0. The normalized spacial score (nSPS) is 5.00. The molecule has 0 aliphatic rings. The van der Waals surface area contributed by atoms with Crippen molar-refractivity contribution in [1.82, 2.24) is 0 Å². The first kappa shape index (κ1) is 9.94. The van der Waals surface area contributed by atoms with E-state index in [4.69, 9.17) is 9.59 Å². The molecule has 2 nitrogen and oxygen atoms in total. The van der Waals surface area contributed by atoms with Gasteiger partial charge in [0.2, 0.25) is 0 Å². The van der Waals surface area contributed by atoms with E-state index in [1.54, 1.807) is 0 Å². The lowest BCUT2D eigenvalue weighted by molar-refractivity contribution is -0.104. The maximum Gasteiger partial charge on any atom is 0.142 e. The maximum atomic E-state index is 9.06. The van der Waals surface area contributed by atoms with Gasteiger partial charge in [-0.15, -0.1) is 0 Å². The molecule has 0 spiro atoms. The monoisotopic (exact) mass is 112 g/mol. The second kappa shape index (κ2) is 17.0. The topological polar surface area (TPSA) is 34.1 Å². The van der Waals surface area contributed by atoms with Gasteiger partial charge in [0.05, 0.1) is 0 Å². The SMILES string of the molecule is C=CC=O.C=CC=O. The summed E-state index contributed by atoms with van der Waals surface area (Å²) in [5, 5.41) is 0. The standard InChI is InChI=1S/2C3H4O/c2*1-2-3-4/h2*2-3H,1H2. The van der Waals surface area contributed by atoms with E-state index in [0.717, 1.165) is 0 Å². The smallest absolute Gasteiger partial charge is 0.142 e. The van der Waals surface area contributed by atoms with E-state index in [9.17, 15) is 0 Å². The fraction of sp³-hybridized carbons (Fsp3) is 0. The number of carbonyl (C=O) groups excluding carboxylic acids is 2. The summed E-state index contributed by atoms with van der Waals surface area (Å²) in [5.41, 5.74) is 0. The third-order valence-corrected chi connectivity index (χ3v) is 0.192. The van der Waals surface area contributed by atoms with Gasteiger partial charge in [-0.2, -0.15) is 0 Å². The van der Waals surface area contributed by atoms with Gasteiger partial charge in [0.1, 0.15) is 12.6 Å². The average molecular weight is 112 g/mol. The third kappa shape index (κ3) is 105. The van der Waals surface area contributed by atoms with Crippen molar-refractivity contribution in [2.24, 2.45) is 0 Å². The van der Waals surface area contributed by atoms with Crippen LogP contribution in [-0.2, 0) is 9.59 Å². The number of hydrogen-bond donors (Lipinski definition) is 0. The lowest BCUT2D eigenvalue weighted by atomic mass is 10.8. The minimum atomic E-state index is 0.639. The molecule has 0 aromatic heterocycles. The first-order valence-corrected chi connectivity index (χ1v) is 1.95. The van der Waals surface area contributed by atoms with Gasteiger partial charge in [-0.05, 0) is 12.2 Å². The molecule has 8 heavy (non-hydrogen) atoms. The molecule has 0 unspecified atom stereocenters. The number of rotatable bonds is 2. The highest BCUT2D eigenvalue weighted by molar-refractivity contribution is 5.63.